The molecule has 0 N–H and O–H groups in total. The summed E-state index contributed by atoms with van der Waals surface area (Å²) >= 11 is 1.45. The Morgan fingerprint density at radius 3 is 2.36 bits per heavy atom. The van der Waals surface area contributed by atoms with Gasteiger partial charge in [-0.25, -0.2) is 13.2 Å². The van der Waals surface area contributed by atoms with E-state index in [2.05, 4.69) is 4.98 Å². The third kappa shape index (κ3) is 5.92. The number of nitrogens with zero attached hydrogens (tertiary/aromatic N) is 2. The van der Waals surface area contributed by atoms with Gasteiger partial charge in [0.1, 0.15) is 23.2 Å². The molecule has 0 unspecified atom stereocenters. The van der Waals surface area contributed by atoms with Crippen LogP contribution >= 0.6 is 11.3 Å². The number of hydrogen-bond donors (Lipinski definition) is 0. The Balaban J connectivity index is 1.16. The SMILES string of the molecule is O=C(Cc1ccc(Oc2ccnc3cc(-c4ccc(C(=O)N5CCCC5)cc4)sc23)c(F)c1)Cc1ccc(F)cc1F. The molecule has 6 rings (SSSR count). The van der Waals surface area contributed by atoms with Crippen molar-refractivity contribution >= 4 is 33.2 Å². The molecule has 3 aromatic carbocycles. The van der Waals surface area contributed by atoms with Crippen molar-refractivity contribution in [2.75, 3.05) is 13.1 Å². The highest BCUT2D eigenvalue weighted by molar-refractivity contribution is 7.22. The molecule has 0 saturated carbocycles. The molecule has 3 heterocycles. The van der Waals surface area contributed by atoms with E-state index < -0.39 is 17.5 Å². The molecule has 0 spiro atoms. The molecule has 1 fully saturated rings. The minimum absolute atomic E-state index is 0.0111. The molecule has 212 valence electrons. The van der Waals surface area contributed by atoms with Crippen molar-refractivity contribution < 1.29 is 27.5 Å². The summed E-state index contributed by atoms with van der Waals surface area (Å²) in [6.07, 6.45) is 3.34. The van der Waals surface area contributed by atoms with Gasteiger partial charge in [0.25, 0.3) is 5.91 Å². The van der Waals surface area contributed by atoms with Gasteiger partial charge >= 0.3 is 0 Å². The maximum atomic E-state index is 15.0. The van der Waals surface area contributed by atoms with Crippen LogP contribution in [0.1, 0.15) is 34.3 Å². The van der Waals surface area contributed by atoms with Crippen molar-refractivity contribution in [3.63, 3.8) is 0 Å². The third-order valence-corrected chi connectivity index (χ3v) is 8.39. The maximum Gasteiger partial charge on any atom is 0.253 e. The quantitative estimate of drug-likeness (QED) is 0.186. The van der Waals surface area contributed by atoms with Gasteiger partial charge in [0.05, 0.1) is 10.2 Å². The summed E-state index contributed by atoms with van der Waals surface area (Å²) in [4.78, 5) is 32.4. The number of fused-ring (bicyclic) bond motifs is 1. The van der Waals surface area contributed by atoms with E-state index in [1.54, 1.807) is 18.3 Å². The Hall–Kier alpha value is -4.50. The Bertz CT molecular complexity index is 1800. The normalized spacial score (nSPS) is 13.1. The van der Waals surface area contributed by atoms with Crippen LogP contribution in [0.25, 0.3) is 20.7 Å². The average molecular weight is 587 g/mol. The van der Waals surface area contributed by atoms with Crippen LogP contribution in [0.5, 0.6) is 11.5 Å². The highest BCUT2D eigenvalue weighted by Crippen LogP contribution is 2.39. The van der Waals surface area contributed by atoms with Gasteiger partial charge in [-0.15, -0.1) is 11.3 Å². The Morgan fingerprint density at radius 1 is 0.833 bits per heavy atom. The van der Waals surface area contributed by atoms with Crippen molar-refractivity contribution in [1.29, 1.82) is 0 Å². The fourth-order valence-electron chi connectivity index (χ4n) is 5.04. The van der Waals surface area contributed by atoms with Gasteiger partial charge in [-0.3, -0.25) is 14.6 Å². The first-order valence-corrected chi connectivity index (χ1v) is 14.4. The fourth-order valence-corrected chi connectivity index (χ4v) is 6.11. The molecule has 9 heteroatoms. The van der Waals surface area contributed by atoms with E-state index in [-0.39, 0.29) is 35.8 Å². The minimum Gasteiger partial charge on any atom is -0.453 e. The van der Waals surface area contributed by atoms with Crippen LogP contribution in [-0.2, 0) is 17.6 Å². The van der Waals surface area contributed by atoms with Crippen LogP contribution in [0.4, 0.5) is 13.2 Å². The molecule has 0 bridgehead atoms. The van der Waals surface area contributed by atoms with E-state index in [0.29, 0.717) is 22.4 Å². The number of ketones is 1. The minimum atomic E-state index is -0.789. The number of hydrogen-bond acceptors (Lipinski definition) is 5. The maximum absolute atomic E-state index is 15.0. The van der Waals surface area contributed by atoms with Gasteiger partial charge in [-0.05, 0) is 65.9 Å². The molecule has 1 aliphatic rings. The summed E-state index contributed by atoms with van der Waals surface area (Å²) in [6, 6.07) is 18.4. The largest absolute Gasteiger partial charge is 0.453 e. The van der Waals surface area contributed by atoms with Crippen molar-refractivity contribution in [2.45, 2.75) is 25.7 Å². The number of carbonyl (C=O) groups excluding carboxylic acids is 2. The zero-order valence-electron chi connectivity index (χ0n) is 22.4. The number of likely N-dealkylation sites (tertiary alicyclic amines) is 1. The zero-order chi connectivity index (χ0) is 29.2. The summed E-state index contributed by atoms with van der Waals surface area (Å²) < 4.78 is 48.7. The number of carbonyl (C=O) groups is 2. The fraction of sp³-hybridized carbons (Fsp3) is 0.182. The van der Waals surface area contributed by atoms with Gasteiger partial charge in [-0.2, -0.15) is 0 Å². The number of pyridine rings is 1. The zero-order valence-corrected chi connectivity index (χ0v) is 23.2. The summed E-state index contributed by atoms with van der Waals surface area (Å²) in [5.41, 5.74) is 2.79. The number of amides is 1. The number of aromatic nitrogens is 1. The monoisotopic (exact) mass is 586 g/mol. The molecule has 5 aromatic rings. The molecule has 0 aliphatic carbocycles. The predicted octanol–water partition coefficient (Wildman–Crippen LogP) is 7.76. The average Bonchev–Trinajstić information content (AvgIpc) is 3.67. The predicted molar refractivity (Wildman–Crippen MR) is 155 cm³/mol. The third-order valence-electron chi connectivity index (χ3n) is 7.21. The van der Waals surface area contributed by atoms with Crippen LogP contribution in [0, 0.1) is 17.5 Å². The van der Waals surface area contributed by atoms with E-state index in [9.17, 15) is 18.4 Å². The van der Waals surface area contributed by atoms with Gasteiger partial charge in [0, 0.05) is 54.7 Å². The van der Waals surface area contributed by atoms with Crippen molar-refractivity contribution in [3.05, 3.63) is 113 Å². The van der Waals surface area contributed by atoms with Gasteiger partial charge in [0.15, 0.2) is 11.6 Å². The van der Waals surface area contributed by atoms with Gasteiger partial charge < -0.3 is 9.64 Å². The molecule has 0 radical (unpaired) electrons. The smallest absolute Gasteiger partial charge is 0.253 e. The molecule has 1 amide bonds. The van der Waals surface area contributed by atoms with Crippen LogP contribution in [0.2, 0.25) is 0 Å². The molecule has 1 saturated heterocycles. The summed E-state index contributed by atoms with van der Waals surface area (Å²) in [7, 11) is 0. The lowest BCUT2D eigenvalue weighted by Gasteiger charge is -2.15. The lowest BCUT2D eigenvalue weighted by Crippen LogP contribution is -2.27. The number of halogens is 3. The highest BCUT2D eigenvalue weighted by Gasteiger charge is 2.20. The lowest BCUT2D eigenvalue weighted by molar-refractivity contribution is -0.117. The molecule has 5 nitrogen and oxygen atoms in total. The van der Waals surface area contributed by atoms with Crippen molar-refractivity contribution in [1.82, 2.24) is 9.88 Å². The van der Waals surface area contributed by atoms with Crippen molar-refractivity contribution in [3.8, 4) is 21.9 Å². The van der Waals surface area contributed by atoms with E-state index in [4.69, 9.17) is 4.74 Å². The molecule has 2 aromatic heterocycles. The Labute approximate surface area is 244 Å². The summed E-state index contributed by atoms with van der Waals surface area (Å²) in [5, 5.41) is 0. The highest BCUT2D eigenvalue weighted by atomic mass is 32.1. The molecule has 0 atom stereocenters. The van der Waals surface area contributed by atoms with Crippen LogP contribution < -0.4 is 4.74 Å². The number of ether oxygens (including phenoxy) is 1. The van der Waals surface area contributed by atoms with Crippen LogP contribution in [-0.4, -0.2) is 34.7 Å². The topological polar surface area (TPSA) is 59.5 Å². The van der Waals surface area contributed by atoms with E-state index in [1.807, 2.05) is 35.2 Å². The van der Waals surface area contributed by atoms with E-state index in [1.165, 1.54) is 29.5 Å². The summed E-state index contributed by atoms with van der Waals surface area (Å²) in [5.74, 6) is -2.01. The van der Waals surface area contributed by atoms with Crippen LogP contribution in [0.15, 0.2) is 79.0 Å². The second kappa shape index (κ2) is 11.8. The Kier molecular flexibility index (Phi) is 7.75. The second-order valence-corrected chi connectivity index (χ2v) is 11.3. The molecular formula is C33H25F3N2O3S. The second-order valence-electron chi connectivity index (χ2n) is 10.2. The number of benzene rings is 3. The molecular weight excluding hydrogens is 561 g/mol. The van der Waals surface area contributed by atoms with Crippen molar-refractivity contribution in [2.24, 2.45) is 0 Å². The first-order valence-electron chi connectivity index (χ1n) is 13.5. The standard InChI is InChI=1S/C33H25F3N2O3S/c34-24-9-8-23(26(35)18-24)17-25(39)15-20-3-10-29(27(36)16-20)41-30-11-12-37-28-19-31(42-32(28)30)21-4-6-22(7-5-21)33(40)38-13-1-2-14-38/h3-12,16,18-19H,1-2,13-15,17H2. The van der Waals surface area contributed by atoms with Gasteiger partial charge in [0.2, 0.25) is 0 Å². The number of rotatable bonds is 8. The van der Waals surface area contributed by atoms with E-state index >= 15 is 4.39 Å². The Morgan fingerprint density at radius 2 is 1.62 bits per heavy atom. The first kappa shape index (κ1) is 27.7. The molecule has 42 heavy (non-hydrogen) atoms. The summed E-state index contributed by atoms with van der Waals surface area (Å²) in [6.45, 7) is 1.59. The number of Topliss-reactive ketones (excluding diaryl/α,β-unsaturated/α-hetero) is 1. The number of thiophene rings is 1. The lowest BCUT2D eigenvalue weighted by atomic mass is 10.0. The van der Waals surface area contributed by atoms with E-state index in [0.717, 1.165) is 53.2 Å². The van der Waals surface area contributed by atoms with Crippen LogP contribution in [0.3, 0.4) is 0 Å². The molecule has 1 aliphatic heterocycles. The first-order chi connectivity index (χ1) is 20.3. The van der Waals surface area contributed by atoms with Gasteiger partial charge in [-0.1, -0.05) is 24.3 Å².